The van der Waals surface area contributed by atoms with Gasteiger partial charge in [-0.3, -0.25) is 14.4 Å². The van der Waals surface area contributed by atoms with Crippen LogP contribution in [-0.4, -0.2) is 21.3 Å². The van der Waals surface area contributed by atoms with Gasteiger partial charge in [0.25, 0.3) is 0 Å². The van der Waals surface area contributed by atoms with E-state index in [0.717, 1.165) is 16.0 Å². The Kier molecular flexibility index (Phi) is 2.49. The van der Waals surface area contributed by atoms with E-state index in [1.807, 2.05) is 0 Å². The van der Waals surface area contributed by atoms with Crippen molar-refractivity contribution in [2.24, 2.45) is 0 Å². The van der Waals surface area contributed by atoms with Crippen molar-refractivity contribution in [3.05, 3.63) is 15.2 Å². The molecule has 0 radical (unpaired) electrons. The number of aromatic nitrogens is 2. The second kappa shape index (κ2) is 3.40. The van der Waals surface area contributed by atoms with Crippen LogP contribution >= 0.6 is 11.3 Å². The van der Waals surface area contributed by atoms with Crippen molar-refractivity contribution < 1.29 is 9.59 Å². The number of nitrogens with zero attached hydrogens (tertiary/aromatic N) is 2. The van der Waals surface area contributed by atoms with Crippen LogP contribution in [0.4, 0.5) is 0 Å². The minimum Gasteiger partial charge on any atom is -0.291 e. The maximum absolute atomic E-state index is 10.8. The molecule has 64 valence electrons. The van der Waals surface area contributed by atoms with Crippen LogP contribution in [0.5, 0.6) is 0 Å². The third kappa shape index (κ3) is 1.85. The summed E-state index contributed by atoms with van der Waals surface area (Å²) in [7, 11) is 0. The summed E-state index contributed by atoms with van der Waals surface area (Å²) in [6.07, 6.45) is 0. The summed E-state index contributed by atoms with van der Waals surface area (Å²) in [6, 6.07) is 0. The Morgan fingerprint density at radius 2 is 2.33 bits per heavy atom. The first-order valence-corrected chi connectivity index (χ1v) is 4.03. The number of hydrogen-bond acceptors (Lipinski definition) is 5. The first kappa shape index (κ1) is 8.79. The Hall–Kier alpha value is -1.30. The van der Waals surface area contributed by atoms with Gasteiger partial charge in [0.1, 0.15) is 12.1 Å². The van der Waals surface area contributed by atoms with Gasteiger partial charge in [-0.2, -0.15) is 5.10 Å². The lowest BCUT2D eigenvalue weighted by Crippen LogP contribution is -2.24. The molecule has 1 heterocycles. The van der Waals surface area contributed by atoms with Gasteiger partial charge in [0.15, 0.2) is 5.78 Å². The monoisotopic (exact) mass is 186 g/mol. The van der Waals surface area contributed by atoms with Gasteiger partial charge in [-0.05, 0) is 0 Å². The topological polar surface area (TPSA) is 69.0 Å². The molecule has 0 saturated heterocycles. The summed E-state index contributed by atoms with van der Waals surface area (Å²) < 4.78 is 0.967. The van der Waals surface area contributed by atoms with E-state index in [0.29, 0.717) is 0 Å². The van der Waals surface area contributed by atoms with Gasteiger partial charge in [0, 0.05) is 6.92 Å². The SMILES string of the molecule is CC(=O)C(=O)Cn1ncsc1=O. The van der Waals surface area contributed by atoms with Crippen LogP contribution in [0.1, 0.15) is 6.92 Å². The first-order valence-electron chi connectivity index (χ1n) is 3.15. The summed E-state index contributed by atoms with van der Waals surface area (Å²) in [5.41, 5.74) is 1.33. The van der Waals surface area contributed by atoms with Crippen molar-refractivity contribution in [1.82, 2.24) is 9.78 Å². The Morgan fingerprint density at radius 3 is 2.75 bits per heavy atom. The van der Waals surface area contributed by atoms with Crippen molar-refractivity contribution in [3.63, 3.8) is 0 Å². The van der Waals surface area contributed by atoms with Crippen LogP contribution < -0.4 is 4.87 Å². The van der Waals surface area contributed by atoms with Crippen molar-refractivity contribution in [2.45, 2.75) is 13.5 Å². The van der Waals surface area contributed by atoms with Gasteiger partial charge in [-0.1, -0.05) is 11.3 Å². The van der Waals surface area contributed by atoms with Crippen molar-refractivity contribution in [1.29, 1.82) is 0 Å². The number of rotatable bonds is 3. The third-order valence-electron chi connectivity index (χ3n) is 1.24. The zero-order valence-corrected chi connectivity index (χ0v) is 7.13. The molecular formula is C6H6N2O3S. The molecule has 0 amide bonds. The number of carbonyl (C=O) groups is 2. The minimum atomic E-state index is -0.608. The van der Waals surface area contributed by atoms with E-state index in [1.54, 1.807) is 0 Å². The number of ketones is 2. The Bertz CT molecular complexity index is 365. The number of hydrogen-bond donors (Lipinski definition) is 0. The highest BCUT2D eigenvalue weighted by Gasteiger charge is 2.10. The Labute approximate surface area is 71.6 Å². The minimum absolute atomic E-state index is 0.252. The number of carbonyl (C=O) groups excluding carboxylic acids is 2. The van der Waals surface area contributed by atoms with E-state index >= 15 is 0 Å². The van der Waals surface area contributed by atoms with Crippen LogP contribution in [0.15, 0.2) is 10.3 Å². The second-order valence-corrected chi connectivity index (χ2v) is 2.94. The van der Waals surface area contributed by atoms with Crippen LogP contribution in [0.25, 0.3) is 0 Å². The number of Topliss-reactive ketones (excluding diaryl/α,β-unsaturated/α-hetero) is 2. The smallest absolute Gasteiger partial charge is 0.291 e. The molecule has 0 atom stereocenters. The van der Waals surface area contributed by atoms with Crippen molar-refractivity contribution in [2.75, 3.05) is 0 Å². The predicted molar refractivity (Wildman–Crippen MR) is 42.1 cm³/mol. The lowest BCUT2D eigenvalue weighted by Gasteiger charge is -1.93. The Morgan fingerprint density at radius 1 is 1.67 bits per heavy atom. The molecule has 0 fully saturated rings. The van der Waals surface area contributed by atoms with Crippen LogP contribution in [0.3, 0.4) is 0 Å². The molecule has 0 aliphatic rings. The molecule has 12 heavy (non-hydrogen) atoms. The lowest BCUT2D eigenvalue weighted by molar-refractivity contribution is -0.135. The fourth-order valence-electron chi connectivity index (χ4n) is 0.586. The summed E-state index contributed by atoms with van der Waals surface area (Å²) in [5.74, 6) is -1.17. The highest BCUT2D eigenvalue weighted by molar-refractivity contribution is 7.06. The molecule has 1 aromatic heterocycles. The van der Waals surface area contributed by atoms with Gasteiger partial charge < -0.3 is 0 Å². The normalized spacial score (nSPS) is 9.75. The molecular weight excluding hydrogens is 180 g/mol. The van der Waals surface area contributed by atoms with Gasteiger partial charge in [-0.25, -0.2) is 4.68 Å². The molecule has 0 aliphatic carbocycles. The van der Waals surface area contributed by atoms with Crippen molar-refractivity contribution in [3.8, 4) is 0 Å². The molecule has 6 heteroatoms. The molecule has 1 aromatic rings. The van der Waals surface area contributed by atoms with Gasteiger partial charge in [0.05, 0.1) is 0 Å². The molecule has 0 spiro atoms. The zero-order valence-electron chi connectivity index (χ0n) is 6.31. The fraction of sp³-hybridized carbons (Fsp3) is 0.333. The van der Waals surface area contributed by atoms with Crippen LogP contribution in [0, 0.1) is 0 Å². The molecule has 0 aliphatic heterocycles. The van der Waals surface area contributed by atoms with Crippen molar-refractivity contribution >= 4 is 22.9 Å². The highest BCUT2D eigenvalue weighted by atomic mass is 32.1. The van der Waals surface area contributed by atoms with E-state index in [4.69, 9.17) is 0 Å². The van der Waals surface area contributed by atoms with E-state index < -0.39 is 11.6 Å². The maximum Gasteiger partial charge on any atom is 0.325 e. The van der Waals surface area contributed by atoms with Gasteiger partial charge in [-0.15, -0.1) is 0 Å². The molecule has 0 aromatic carbocycles. The summed E-state index contributed by atoms with van der Waals surface area (Å²) >= 11 is 0.891. The average molecular weight is 186 g/mol. The second-order valence-electron chi connectivity index (χ2n) is 2.14. The molecule has 5 nitrogen and oxygen atoms in total. The van der Waals surface area contributed by atoms with Crippen LogP contribution in [-0.2, 0) is 16.1 Å². The largest absolute Gasteiger partial charge is 0.325 e. The maximum atomic E-state index is 10.8. The molecule has 0 saturated carbocycles. The predicted octanol–water partition coefficient (Wildman–Crippen LogP) is -0.537. The summed E-state index contributed by atoms with van der Waals surface area (Å²) in [6.45, 7) is 0.914. The van der Waals surface area contributed by atoms with Gasteiger partial charge >= 0.3 is 4.87 Å². The Balaban J connectivity index is 2.77. The summed E-state index contributed by atoms with van der Waals surface area (Å²) in [5, 5.41) is 3.59. The van der Waals surface area contributed by atoms with Crippen LogP contribution in [0.2, 0.25) is 0 Å². The molecule has 0 N–H and O–H groups in total. The zero-order chi connectivity index (χ0) is 9.14. The molecule has 0 bridgehead atoms. The lowest BCUT2D eigenvalue weighted by atomic mass is 10.3. The molecule has 1 rings (SSSR count). The fourth-order valence-corrected chi connectivity index (χ4v) is 1.07. The van der Waals surface area contributed by atoms with E-state index in [9.17, 15) is 14.4 Å². The standard InChI is InChI=1S/C6H6N2O3S/c1-4(9)5(10)2-8-6(11)12-3-7-8/h3H,2H2,1H3. The highest BCUT2D eigenvalue weighted by Crippen LogP contribution is 1.85. The first-order chi connectivity index (χ1) is 5.61. The van der Waals surface area contributed by atoms with E-state index in [-0.39, 0.29) is 11.4 Å². The third-order valence-corrected chi connectivity index (χ3v) is 1.85. The van der Waals surface area contributed by atoms with E-state index in [1.165, 1.54) is 12.4 Å². The quantitative estimate of drug-likeness (QED) is 0.594. The molecule has 0 unspecified atom stereocenters. The summed E-state index contributed by atoms with van der Waals surface area (Å²) in [4.78, 5) is 31.8. The average Bonchev–Trinajstić information content (AvgIpc) is 2.36. The van der Waals surface area contributed by atoms with E-state index in [2.05, 4.69) is 5.10 Å². The van der Waals surface area contributed by atoms with Gasteiger partial charge in [0.2, 0.25) is 5.78 Å².